The topological polar surface area (TPSA) is 84.4 Å². The van der Waals surface area contributed by atoms with E-state index in [0.29, 0.717) is 36.7 Å². The average Bonchev–Trinajstić information content (AvgIpc) is 2.84. The number of rotatable bonds is 8. The van der Waals surface area contributed by atoms with Gasteiger partial charge in [-0.2, -0.15) is 0 Å². The number of nitro benzene ring substituents is 1. The van der Waals surface area contributed by atoms with Gasteiger partial charge in [-0.3, -0.25) is 10.1 Å². The fourth-order valence-corrected chi connectivity index (χ4v) is 4.86. The molecular formula is C27H30F2N4O2. The number of hydrogen-bond donors (Lipinski definition) is 2. The second-order valence-corrected chi connectivity index (χ2v) is 9.02. The van der Waals surface area contributed by atoms with E-state index in [9.17, 15) is 10.1 Å². The van der Waals surface area contributed by atoms with Crippen LogP contribution in [0.15, 0.2) is 60.7 Å². The van der Waals surface area contributed by atoms with Crippen LogP contribution >= 0.6 is 0 Å². The largest absolute Gasteiger partial charge is 0.393 e. The molecule has 1 aliphatic heterocycles. The fraction of sp³-hybridized carbons (Fsp3) is 0.333. The van der Waals surface area contributed by atoms with Crippen molar-refractivity contribution >= 4 is 22.7 Å². The van der Waals surface area contributed by atoms with Gasteiger partial charge in [0.05, 0.1) is 11.0 Å². The van der Waals surface area contributed by atoms with Crippen molar-refractivity contribution in [1.82, 2.24) is 0 Å². The van der Waals surface area contributed by atoms with Gasteiger partial charge in [-0.05, 0) is 54.5 Å². The molecule has 0 spiro atoms. The van der Waals surface area contributed by atoms with Crippen molar-refractivity contribution in [2.45, 2.75) is 44.6 Å². The van der Waals surface area contributed by atoms with Gasteiger partial charge in [-0.25, -0.2) is 8.78 Å². The number of nitro groups is 1. The van der Waals surface area contributed by atoms with Crippen molar-refractivity contribution in [3.63, 3.8) is 0 Å². The molecule has 1 aliphatic rings. The van der Waals surface area contributed by atoms with E-state index in [0.717, 1.165) is 19.3 Å². The fourth-order valence-electron chi connectivity index (χ4n) is 4.86. The monoisotopic (exact) mass is 480 g/mol. The zero-order valence-electron chi connectivity index (χ0n) is 19.7. The van der Waals surface area contributed by atoms with Gasteiger partial charge in [-0.15, -0.1) is 0 Å². The van der Waals surface area contributed by atoms with Gasteiger partial charge in [-0.1, -0.05) is 49.7 Å². The number of halogens is 2. The lowest BCUT2D eigenvalue weighted by Gasteiger charge is -2.34. The van der Waals surface area contributed by atoms with Crippen LogP contribution in [0.5, 0.6) is 0 Å². The molecule has 3 aromatic rings. The van der Waals surface area contributed by atoms with Gasteiger partial charge in [0, 0.05) is 24.8 Å². The first-order valence-electron chi connectivity index (χ1n) is 12.0. The molecule has 0 radical (unpaired) electrons. The van der Waals surface area contributed by atoms with E-state index in [1.165, 1.54) is 29.8 Å². The van der Waals surface area contributed by atoms with Gasteiger partial charge in [0.2, 0.25) is 0 Å². The van der Waals surface area contributed by atoms with Crippen LogP contribution in [-0.4, -0.2) is 18.0 Å². The van der Waals surface area contributed by atoms with Crippen molar-refractivity contribution in [2.75, 3.05) is 29.0 Å². The van der Waals surface area contributed by atoms with E-state index in [1.807, 2.05) is 25.1 Å². The molecule has 0 amide bonds. The summed E-state index contributed by atoms with van der Waals surface area (Å²) < 4.78 is 30.3. The highest BCUT2D eigenvalue weighted by molar-refractivity contribution is 5.61. The number of piperidine rings is 1. The molecule has 0 saturated carbocycles. The number of nitrogens with two attached hydrogens (primary N) is 1. The highest BCUT2D eigenvalue weighted by atomic mass is 19.1. The van der Waals surface area contributed by atoms with Crippen molar-refractivity contribution in [3.05, 3.63) is 93.5 Å². The molecule has 1 unspecified atom stereocenters. The van der Waals surface area contributed by atoms with Crippen LogP contribution < -0.4 is 16.0 Å². The zero-order chi connectivity index (χ0) is 24.9. The molecule has 1 atom stereocenters. The Labute approximate surface area is 203 Å². The zero-order valence-corrected chi connectivity index (χ0v) is 19.7. The predicted molar refractivity (Wildman–Crippen MR) is 136 cm³/mol. The highest BCUT2D eigenvalue weighted by Crippen LogP contribution is 2.36. The molecular weight excluding hydrogens is 450 g/mol. The van der Waals surface area contributed by atoms with Crippen LogP contribution in [0.4, 0.5) is 31.5 Å². The minimum absolute atomic E-state index is 0.00257. The lowest BCUT2D eigenvalue weighted by Crippen LogP contribution is -2.34. The Morgan fingerprint density at radius 2 is 1.74 bits per heavy atom. The van der Waals surface area contributed by atoms with Crippen LogP contribution in [0.3, 0.4) is 0 Å². The van der Waals surface area contributed by atoms with Crippen molar-refractivity contribution in [1.29, 1.82) is 0 Å². The first-order valence-corrected chi connectivity index (χ1v) is 12.0. The standard InChI is InChI=1S/C27H30F2N4O2/c1-2-6-25(20-9-10-24(30)26(15-20)33(34)35)31-21-16-22(28)27(23(29)17-21)32-13-11-19(12-14-32)18-7-4-3-5-8-18/h3-5,7-10,15-17,19,25,31H,2,6,11-14,30H2,1H3. The molecule has 35 heavy (non-hydrogen) atoms. The van der Waals surface area contributed by atoms with E-state index >= 15 is 8.78 Å². The van der Waals surface area contributed by atoms with Gasteiger partial charge in [0.1, 0.15) is 11.4 Å². The van der Waals surface area contributed by atoms with E-state index in [4.69, 9.17) is 5.73 Å². The Morgan fingerprint density at radius 3 is 2.34 bits per heavy atom. The van der Waals surface area contributed by atoms with Gasteiger partial charge in [0.15, 0.2) is 11.6 Å². The van der Waals surface area contributed by atoms with Crippen molar-refractivity contribution in [2.24, 2.45) is 0 Å². The number of nitrogen functional groups attached to an aromatic ring is 1. The van der Waals surface area contributed by atoms with Gasteiger partial charge >= 0.3 is 0 Å². The molecule has 0 aliphatic carbocycles. The van der Waals surface area contributed by atoms with Crippen LogP contribution in [0.1, 0.15) is 55.7 Å². The quantitative estimate of drug-likeness (QED) is 0.211. The van der Waals surface area contributed by atoms with Crippen molar-refractivity contribution < 1.29 is 13.7 Å². The first kappa shape index (κ1) is 24.4. The molecule has 0 bridgehead atoms. The summed E-state index contributed by atoms with van der Waals surface area (Å²) in [6.45, 7) is 3.13. The summed E-state index contributed by atoms with van der Waals surface area (Å²) in [5, 5.41) is 14.5. The average molecular weight is 481 g/mol. The smallest absolute Gasteiger partial charge is 0.292 e. The first-order chi connectivity index (χ1) is 16.9. The molecule has 6 nitrogen and oxygen atoms in total. The van der Waals surface area contributed by atoms with Gasteiger partial charge in [0.25, 0.3) is 5.69 Å². The Balaban J connectivity index is 1.51. The summed E-state index contributed by atoms with van der Waals surface area (Å²) in [5.41, 5.74) is 7.80. The number of anilines is 3. The third-order valence-corrected chi connectivity index (χ3v) is 6.67. The minimum atomic E-state index is -0.621. The Bertz CT molecular complexity index is 1160. The lowest BCUT2D eigenvalue weighted by molar-refractivity contribution is -0.384. The van der Waals surface area contributed by atoms with Gasteiger partial charge < -0.3 is 16.0 Å². The molecule has 3 aromatic carbocycles. The van der Waals surface area contributed by atoms with Crippen LogP contribution in [0.2, 0.25) is 0 Å². The summed E-state index contributed by atoms with van der Waals surface area (Å²) in [4.78, 5) is 12.5. The predicted octanol–water partition coefficient (Wildman–Crippen LogP) is 6.79. The number of nitrogens with zero attached hydrogens (tertiary/aromatic N) is 2. The Hall–Kier alpha value is -3.68. The molecule has 8 heteroatoms. The van der Waals surface area contributed by atoms with Crippen LogP contribution in [0.25, 0.3) is 0 Å². The molecule has 1 saturated heterocycles. The number of benzene rings is 3. The second-order valence-electron chi connectivity index (χ2n) is 9.02. The second kappa shape index (κ2) is 10.7. The maximum Gasteiger partial charge on any atom is 0.292 e. The van der Waals surface area contributed by atoms with E-state index < -0.39 is 16.6 Å². The molecule has 1 fully saturated rings. The summed E-state index contributed by atoms with van der Waals surface area (Å²) in [6, 6.07) is 17.1. The minimum Gasteiger partial charge on any atom is -0.393 e. The van der Waals surface area contributed by atoms with E-state index in [-0.39, 0.29) is 23.1 Å². The third-order valence-electron chi connectivity index (χ3n) is 6.67. The Morgan fingerprint density at radius 1 is 1.09 bits per heavy atom. The molecule has 4 rings (SSSR count). The summed E-state index contributed by atoms with van der Waals surface area (Å²) in [5.74, 6) is -0.855. The summed E-state index contributed by atoms with van der Waals surface area (Å²) in [7, 11) is 0. The van der Waals surface area contributed by atoms with Crippen molar-refractivity contribution in [3.8, 4) is 0 Å². The highest BCUT2D eigenvalue weighted by Gasteiger charge is 2.26. The number of nitrogens with one attached hydrogen (secondary N) is 1. The SMILES string of the molecule is CCCC(Nc1cc(F)c(N2CCC(c3ccccc3)CC2)c(F)c1)c1ccc(N)c([N+](=O)[O-])c1. The van der Waals surface area contributed by atoms with Crippen LogP contribution in [0, 0.1) is 21.7 Å². The third kappa shape index (κ3) is 5.53. The van der Waals surface area contributed by atoms with E-state index in [2.05, 4.69) is 17.4 Å². The maximum atomic E-state index is 15.1. The molecule has 3 N–H and O–H groups in total. The Kier molecular flexibility index (Phi) is 7.48. The number of hydrogen-bond acceptors (Lipinski definition) is 5. The molecule has 184 valence electrons. The molecule has 0 aromatic heterocycles. The lowest BCUT2D eigenvalue weighted by atomic mass is 9.89. The van der Waals surface area contributed by atoms with E-state index in [1.54, 1.807) is 11.0 Å². The summed E-state index contributed by atoms with van der Waals surface area (Å²) in [6.07, 6.45) is 3.06. The molecule has 1 heterocycles. The van der Waals surface area contributed by atoms with Crippen LogP contribution in [-0.2, 0) is 0 Å². The summed E-state index contributed by atoms with van der Waals surface area (Å²) >= 11 is 0. The maximum absolute atomic E-state index is 15.1. The normalized spacial score (nSPS) is 15.1.